The lowest BCUT2D eigenvalue weighted by molar-refractivity contribution is -0.117. The van der Waals surface area contributed by atoms with Gasteiger partial charge in [-0.05, 0) is 50.2 Å². The first-order chi connectivity index (χ1) is 10.6. The van der Waals surface area contributed by atoms with Gasteiger partial charge in [-0.1, -0.05) is 12.8 Å². The molecule has 5 nitrogen and oxygen atoms in total. The van der Waals surface area contributed by atoms with Crippen LogP contribution in [0, 0.1) is 0 Å². The van der Waals surface area contributed by atoms with E-state index < -0.39 is 0 Å². The number of likely N-dealkylation sites (tertiary alicyclic amines) is 1. The third-order valence-electron chi connectivity index (χ3n) is 4.08. The van der Waals surface area contributed by atoms with Gasteiger partial charge in [0, 0.05) is 25.3 Å². The highest BCUT2D eigenvalue weighted by Gasteiger charge is 2.13. The number of carbonyl (C=O) groups excluding carboxylic acids is 2. The lowest BCUT2D eigenvalue weighted by Crippen LogP contribution is -2.33. The summed E-state index contributed by atoms with van der Waals surface area (Å²) in [5.74, 6) is 0.00696. The predicted octanol–water partition coefficient (Wildman–Crippen LogP) is 2.48. The second kappa shape index (κ2) is 7.94. The van der Waals surface area contributed by atoms with Crippen LogP contribution >= 0.6 is 0 Å². The largest absolute Gasteiger partial charge is 0.325 e. The maximum absolute atomic E-state index is 12.1. The van der Waals surface area contributed by atoms with E-state index in [2.05, 4.69) is 10.2 Å². The highest BCUT2D eigenvalue weighted by molar-refractivity contribution is 5.93. The number of nitrogens with zero attached hydrogens (tertiary/aromatic N) is 2. The minimum absolute atomic E-state index is 0.0158. The van der Waals surface area contributed by atoms with E-state index in [4.69, 9.17) is 0 Å². The van der Waals surface area contributed by atoms with Crippen molar-refractivity contribution in [2.24, 2.45) is 0 Å². The highest BCUT2D eigenvalue weighted by atomic mass is 16.2. The van der Waals surface area contributed by atoms with Gasteiger partial charge in [-0.25, -0.2) is 0 Å². The lowest BCUT2D eigenvalue weighted by atomic mass is 10.2. The molecule has 0 bridgehead atoms. The zero-order chi connectivity index (χ0) is 15.9. The quantitative estimate of drug-likeness (QED) is 0.929. The minimum Gasteiger partial charge on any atom is -0.325 e. The van der Waals surface area contributed by atoms with Crippen molar-refractivity contribution >= 4 is 23.2 Å². The Morgan fingerprint density at radius 3 is 2.23 bits per heavy atom. The molecule has 1 aliphatic rings. The summed E-state index contributed by atoms with van der Waals surface area (Å²) in [5.41, 5.74) is 1.58. The van der Waals surface area contributed by atoms with Crippen molar-refractivity contribution in [3.63, 3.8) is 0 Å². The maximum atomic E-state index is 12.1. The van der Waals surface area contributed by atoms with Crippen LogP contribution in [0.1, 0.15) is 32.6 Å². The fraction of sp³-hybridized carbons (Fsp3) is 0.529. The Bertz CT molecular complexity index is 505. The van der Waals surface area contributed by atoms with Crippen LogP contribution in [-0.2, 0) is 9.59 Å². The molecule has 1 aromatic carbocycles. The number of hydrogen-bond acceptors (Lipinski definition) is 3. The summed E-state index contributed by atoms with van der Waals surface area (Å²) in [6, 6.07) is 7.33. The molecule has 0 atom stereocenters. The van der Waals surface area contributed by atoms with Crippen molar-refractivity contribution in [3.05, 3.63) is 24.3 Å². The minimum atomic E-state index is -0.0158. The van der Waals surface area contributed by atoms with Crippen molar-refractivity contribution in [2.75, 3.05) is 36.9 Å². The van der Waals surface area contributed by atoms with Crippen molar-refractivity contribution < 1.29 is 9.59 Å². The van der Waals surface area contributed by atoms with Gasteiger partial charge in [0.05, 0.1) is 6.54 Å². The summed E-state index contributed by atoms with van der Waals surface area (Å²) < 4.78 is 0. The zero-order valence-electron chi connectivity index (χ0n) is 13.5. The number of carbonyl (C=O) groups is 2. The SMILES string of the molecule is CC(=O)N(C)c1ccc(NC(=O)CN2CCCCCC2)cc1. The first kappa shape index (κ1) is 16.5. The molecule has 120 valence electrons. The molecule has 2 rings (SSSR count). The lowest BCUT2D eigenvalue weighted by Gasteiger charge is -2.19. The van der Waals surface area contributed by atoms with Gasteiger partial charge in [0.25, 0.3) is 0 Å². The van der Waals surface area contributed by atoms with E-state index in [-0.39, 0.29) is 11.8 Å². The van der Waals surface area contributed by atoms with Gasteiger partial charge in [-0.15, -0.1) is 0 Å². The van der Waals surface area contributed by atoms with Crippen molar-refractivity contribution in [1.82, 2.24) is 4.90 Å². The Balaban J connectivity index is 1.87. The van der Waals surface area contributed by atoms with Crippen LogP contribution in [-0.4, -0.2) is 43.4 Å². The zero-order valence-corrected chi connectivity index (χ0v) is 13.5. The van der Waals surface area contributed by atoms with Crippen LogP contribution in [0.25, 0.3) is 0 Å². The first-order valence-electron chi connectivity index (χ1n) is 7.93. The molecule has 1 fully saturated rings. The van der Waals surface area contributed by atoms with Gasteiger partial charge in [-0.2, -0.15) is 0 Å². The number of nitrogens with one attached hydrogen (secondary N) is 1. The van der Waals surface area contributed by atoms with Crippen LogP contribution in [0.3, 0.4) is 0 Å². The smallest absolute Gasteiger partial charge is 0.238 e. The Morgan fingerprint density at radius 1 is 1.09 bits per heavy atom. The summed E-state index contributed by atoms with van der Waals surface area (Å²) in [6.07, 6.45) is 4.89. The summed E-state index contributed by atoms with van der Waals surface area (Å²) in [6.45, 7) is 4.00. The third-order valence-corrected chi connectivity index (χ3v) is 4.08. The van der Waals surface area contributed by atoms with Crippen molar-refractivity contribution in [1.29, 1.82) is 0 Å². The topological polar surface area (TPSA) is 52.7 Å². The molecule has 1 saturated heterocycles. The molecule has 1 heterocycles. The number of amides is 2. The second-order valence-electron chi connectivity index (χ2n) is 5.86. The molecular weight excluding hydrogens is 278 g/mol. The van der Waals surface area contributed by atoms with Crippen molar-refractivity contribution in [3.8, 4) is 0 Å². The van der Waals surface area contributed by atoms with Crippen LogP contribution < -0.4 is 10.2 Å². The van der Waals surface area contributed by atoms with E-state index in [0.29, 0.717) is 6.54 Å². The summed E-state index contributed by atoms with van der Waals surface area (Å²) in [7, 11) is 1.73. The van der Waals surface area contributed by atoms with Crippen LogP contribution in [0.5, 0.6) is 0 Å². The Morgan fingerprint density at radius 2 is 1.68 bits per heavy atom. The number of rotatable bonds is 4. The summed E-state index contributed by atoms with van der Waals surface area (Å²) >= 11 is 0. The van der Waals surface area contributed by atoms with E-state index in [1.165, 1.54) is 32.6 Å². The molecule has 0 saturated carbocycles. The molecule has 0 aliphatic carbocycles. The van der Waals surface area contributed by atoms with Gasteiger partial charge in [0.2, 0.25) is 11.8 Å². The van der Waals surface area contributed by atoms with E-state index >= 15 is 0 Å². The molecule has 1 aliphatic heterocycles. The molecule has 1 N–H and O–H groups in total. The average Bonchev–Trinajstić information content (AvgIpc) is 2.75. The van der Waals surface area contributed by atoms with E-state index in [9.17, 15) is 9.59 Å². The maximum Gasteiger partial charge on any atom is 0.238 e. The van der Waals surface area contributed by atoms with E-state index in [1.54, 1.807) is 11.9 Å². The Labute approximate surface area is 132 Å². The predicted molar refractivity (Wildman–Crippen MR) is 89.1 cm³/mol. The highest BCUT2D eigenvalue weighted by Crippen LogP contribution is 2.17. The average molecular weight is 303 g/mol. The molecule has 0 unspecified atom stereocenters. The molecule has 5 heteroatoms. The molecule has 22 heavy (non-hydrogen) atoms. The Hall–Kier alpha value is -1.88. The van der Waals surface area contributed by atoms with Gasteiger partial charge < -0.3 is 10.2 Å². The fourth-order valence-electron chi connectivity index (χ4n) is 2.65. The molecule has 0 aromatic heterocycles. The molecule has 1 aromatic rings. The standard InChI is InChI=1S/C17H25N3O2/c1-14(21)19(2)16-9-7-15(8-10-16)18-17(22)13-20-11-5-3-4-6-12-20/h7-10H,3-6,11-13H2,1-2H3,(H,18,22). The second-order valence-corrected chi connectivity index (χ2v) is 5.86. The van der Waals surface area contributed by atoms with Gasteiger partial charge in [0.1, 0.15) is 0 Å². The van der Waals surface area contributed by atoms with Crippen LogP contribution in [0.4, 0.5) is 11.4 Å². The Kier molecular flexibility index (Phi) is 5.95. The number of anilines is 2. The van der Waals surface area contributed by atoms with Crippen LogP contribution in [0.2, 0.25) is 0 Å². The van der Waals surface area contributed by atoms with E-state index in [1.807, 2.05) is 24.3 Å². The normalized spacial score (nSPS) is 15.9. The summed E-state index contributed by atoms with van der Waals surface area (Å²) in [5, 5.41) is 2.92. The molecule has 0 spiro atoms. The fourth-order valence-corrected chi connectivity index (χ4v) is 2.65. The molecular formula is C17H25N3O2. The van der Waals surface area contributed by atoms with Gasteiger partial charge in [-0.3, -0.25) is 14.5 Å². The van der Waals surface area contributed by atoms with E-state index in [0.717, 1.165) is 24.5 Å². The molecule has 0 radical (unpaired) electrons. The van der Waals surface area contributed by atoms with Crippen LogP contribution in [0.15, 0.2) is 24.3 Å². The number of hydrogen-bond donors (Lipinski definition) is 1. The van der Waals surface area contributed by atoms with Gasteiger partial charge in [0.15, 0.2) is 0 Å². The number of benzene rings is 1. The summed E-state index contributed by atoms with van der Waals surface area (Å²) in [4.78, 5) is 27.2. The van der Waals surface area contributed by atoms with Crippen molar-refractivity contribution in [2.45, 2.75) is 32.6 Å². The van der Waals surface area contributed by atoms with Gasteiger partial charge >= 0.3 is 0 Å². The molecule has 2 amide bonds. The first-order valence-corrected chi connectivity index (χ1v) is 7.93. The monoisotopic (exact) mass is 303 g/mol. The third kappa shape index (κ3) is 4.84.